The van der Waals surface area contributed by atoms with Crippen molar-refractivity contribution >= 4 is 23.2 Å². The monoisotopic (exact) mass is 289 g/mol. The van der Waals surface area contributed by atoms with E-state index in [0.717, 1.165) is 5.56 Å². The van der Waals surface area contributed by atoms with E-state index in [1.807, 2.05) is 16.8 Å². The van der Waals surface area contributed by atoms with E-state index in [2.05, 4.69) is 5.32 Å². The third-order valence-corrected chi connectivity index (χ3v) is 3.83. The van der Waals surface area contributed by atoms with E-state index >= 15 is 0 Å². The molecule has 2 N–H and O–H groups in total. The fourth-order valence-electron chi connectivity index (χ4n) is 2.04. The fraction of sp³-hybridized carbons (Fsp3) is 0.200. The van der Waals surface area contributed by atoms with Crippen molar-refractivity contribution in [2.24, 2.45) is 0 Å². The van der Waals surface area contributed by atoms with Gasteiger partial charge in [0.2, 0.25) is 0 Å². The standard InChI is InChI=1S/C15H15NO3S/c1-9-3-4-10(2)13(15(18)19)12(9)14(17)16-7-11-5-6-20-8-11/h3-6,8H,7H2,1-2H3,(H,16,17)(H,18,19). The van der Waals surface area contributed by atoms with E-state index in [0.29, 0.717) is 17.7 Å². The Balaban J connectivity index is 2.29. The number of carboxylic acids is 1. The molecule has 0 fully saturated rings. The van der Waals surface area contributed by atoms with Crippen LogP contribution in [-0.2, 0) is 6.54 Å². The SMILES string of the molecule is Cc1ccc(C)c(C(=O)NCc2ccsc2)c1C(=O)O. The van der Waals surface area contributed by atoms with E-state index in [1.165, 1.54) is 0 Å². The maximum Gasteiger partial charge on any atom is 0.336 e. The first-order chi connectivity index (χ1) is 9.50. The van der Waals surface area contributed by atoms with Crippen molar-refractivity contribution in [2.75, 3.05) is 0 Å². The number of aryl methyl sites for hydroxylation is 2. The molecule has 0 aliphatic heterocycles. The van der Waals surface area contributed by atoms with E-state index in [-0.39, 0.29) is 17.0 Å². The summed E-state index contributed by atoms with van der Waals surface area (Å²) in [5.74, 6) is -1.43. The molecule has 0 bridgehead atoms. The Kier molecular flexibility index (Phi) is 4.20. The number of benzene rings is 1. The molecule has 0 saturated carbocycles. The zero-order chi connectivity index (χ0) is 14.7. The smallest absolute Gasteiger partial charge is 0.336 e. The highest BCUT2D eigenvalue weighted by molar-refractivity contribution is 7.07. The van der Waals surface area contributed by atoms with Crippen LogP contribution in [-0.4, -0.2) is 17.0 Å². The third kappa shape index (κ3) is 2.88. The number of hydrogen-bond acceptors (Lipinski definition) is 3. The molecule has 5 heteroatoms. The van der Waals surface area contributed by atoms with E-state index < -0.39 is 5.97 Å². The maximum absolute atomic E-state index is 12.3. The zero-order valence-corrected chi connectivity index (χ0v) is 12.1. The lowest BCUT2D eigenvalue weighted by Gasteiger charge is -2.12. The molecule has 104 valence electrons. The van der Waals surface area contributed by atoms with Crippen LogP contribution >= 0.6 is 11.3 Å². The quantitative estimate of drug-likeness (QED) is 0.909. The first kappa shape index (κ1) is 14.3. The van der Waals surface area contributed by atoms with Crippen LogP contribution in [0, 0.1) is 13.8 Å². The Labute approximate surface area is 121 Å². The van der Waals surface area contributed by atoms with Gasteiger partial charge in [-0.2, -0.15) is 11.3 Å². The van der Waals surface area contributed by atoms with Crippen molar-refractivity contribution in [3.63, 3.8) is 0 Å². The summed E-state index contributed by atoms with van der Waals surface area (Å²) in [6.07, 6.45) is 0. The second-order valence-corrected chi connectivity index (χ2v) is 5.35. The molecule has 1 aromatic heterocycles. The highest BCUT2D eigenvalue weighted by Gasteiger charge is 2.20. The van der Waals surface area contributed by atoms with Gasteiger partial charge in [0.05, 0.1) is 11.1 Å². The molecule has 1 amide bonds. The Hall–Kier alpha value is -2.14. The topological polar surface area (TPSA) is 66.4 Å². The van der Waals surface area contributed by atoms with Crippen molar-refractivity contribution in [1.82, 2.24) is 5.32 Å². The third-order valence-electron chi connectivity index (χ3n) is 3.10. The Morgan fingerprint density at radius 1 is 1.15 bits per heavy atom. The number of hydrogen-bond donors (Lipinski definition) is 2. The van der Waals surface area contributed by atoms with Crippen LogP contribution in [0.5, 0.6) is 0 Å². The van der Waals surface area contributed by atoms with Crippen LogP contribution in [0.2, 0.25) is 0 Å². The van der Waals surface area contributed by atoms with E-state index in [1.54, 1.807) is 37.3 Å². The minimum Gasteiger partial charge on any atom is -0.478 e. The molecule has 2 rings (SSSR count). The van der Waals surface area contributed by atoms with Crippen molar-refractivity contribution in [2.45, 2.75) is 20.4 Å². The van der Waals surface area contributed by atoms with Crippen molar-refractivity contribution < 1.29 is 14.7 Å². The van der Waals surface area contributed by atoms with Gasteiger partial charge in [0, 0.05) is 6.54 Å². The minimum atomic E-state index is -1.08. The summed E-state index contributed by atoms with van der Waals surface area (Å²) in [4.78, 5) is 23.6. The van der Waals surface area contributed by atoms with E-state index in [9.17, 15) is 14.7 Å². The maximum atomic E-state index is 12.3. The fourth-order valence-corrected chi connectivity index (χ4v) is 2.71. The molecule has 1 aromatic carbocycles. The van der Waals surface area contributed by atoms with Crippen LogP contribution in [0.1, 0.15) is 37.4 Å². The lowest BCUT2D eigenvalue weighted by molar-refractivity contribution is 0.0690. The molecule has 0 unspecified atom stereocenters. The number of rotatable bonds is 4. The average molecular weight is 289 g/mol. The predicted molar refractivity (Wildman–Crippen MR) is 78.4 cm³/mol. The Morgan fingerprint density at radius 3 is 2.35 bits per heavy atom. The van der Waals surface area contributed by atoms with Gasteiger partial charge in [-0.1, -0.05) is 12.1 Å². The molecule has 0 aliphatic carbocycles. The number of carbonyl (C=O) groups is 2. The van der Waals surface area contributed by atoms with Gasteiger partial charge in [0.15, 0.2) is 0 Å². The number of nitrogens with one attached hydrogen (secondary N) is 1. The average Bonchev–Trinajstić information content (AvgIpc) is 2.91. The molecule has 0 aliphatic rings. The largest absolute Gasteiger partial charge is 0.478 e. The van der Waals surface area contributed by atoms with Gasteiger partial charge in [-0.05, 0) is 47.4 Å². The van der Waals surface area contributed by atoms with E-state index in [4.69, 9.17) is 0 Å². The second kappa shape index (κ2) is 5.88. The van der Waals surface area contributed by atoms with Gasteiger partial charge in [-0.3, -0.25) is 4.79 Å². The van der Waals surface area contributed by atoms with Gasteiger partial charge in [-0.15, -0.1) is 0 Å². The van der Waals surface area contributed by atoms with Gasteiger partial charge in [-0.25, -0.2) is 4.79 Å². The molecule has 0 atom stereocenters. The summed E-state index contributed by atoms with van der Waals surface area (Å²) in [6, 6.07) is 5.40. The first-order valence-electron chi connectivity index (χ1n) is 6.13. The van der Waals surface area contributed by atoms with Crippen molar-refractivity contribution in [1.29, 1.82) is 0 Å². The lowest BCUT2D eigenvalue weighted by atomic mass is 9.96. The summed E-state index contributed by atoms with van der Waals surface area (Å²) < 4.78 is 0. The van der Waals surface area contributed by atoms with Crippen molar-refractivity contribution in [3.05, 3.63) is 56.8 Å². The lowest BCUT2D eigenvalue weighted by Crippen LogP contribution is -2.26. The van der Waals surface area contributed by atoms with Gasteiger partial charge >= 0.3 is 5.97 Å². The van der Waals surface area contributed by atoms with Crippen LogP contribution in [0.4, 0.5) is 0 Å². The number of thiophene rings is 1. The van der Waals surface area contributed by atoms with Gasteiger partial charge in [0.25, 0.3) is 5.91 Å². The molecule has 0 saturated heterocycles. The van der Waals surface area contributed by atoms with Crippen LogP contribution in [0.3, 0.4) is 0 Å². The van der Waals surface area contributed by atoms with Crippen LogP contribution < -0.4 is 5.32 Å². The van der Waals surface area contributed by atoms with Gasteiger partial charge < -0.3 is 10.4 Å². The number of carbonyl (C=O) groups excluding carboxylic acids is 1. The normalized spacial score (nSPS) is 10.3. The summed E-state index contributed by atoms with van der Waals surface area (Å²) >= 11 is 1.56. The zero-order valence-electron chi connectivity index (χ0n) is 11.3. The second-order valence-electron chi connectivity index (χ2n) is 4.57. The predicted octanol–water partition coefficient (Wildman–Crippen LogP) is 2.99. The molecular formula is C15H15NO3S. The molecule has 0 spiro atoms. The highest BCUT2D eigenvalue weighted by atomic mass is 32.1. The van der Waals surface area contributed by atoms with Crippen LogP contribution in [0.15, 0.2) is 29.0 Å². The minimum absolute atomic E-state index is 0.0767. The highest BCUT2D eigenvalue weighted by Crippen LogP contribution is 2.19. The molecule has 1 heterocycles. The molecule has 20 heavy (non-hydrogen) atoms. The summed E-state index contributed by atoms with van der Waals surface area (Å²) in [7, 11) is 0. The first-order valence-corrected chi connectivity index (χ1v) is 7.07. The van der Waals surface area contributed by atoms with Crippen molar-refractivity contribution in [3.8, 4) is 0 Å². The number of aromatic carboxylic acids is 1. The van der Waals surface area contributed by atoms with Crippen LogP contribution in [0.25, 0.3) is 0 Å². The number of carboxylic acid groups (broad SMARTS) is 1. The Bertz CT molecular complexity index is 647. The molecule has 4 nitrogen and oxygen atoms in total. The summed E-state index contributed by atoms with van der Waals surface area (Å²) in [5.41, 5.74) is 2.57. The summed E-state index contributed by atoms with van der Waals surface area (Å²) in [5, 5.41) is 15.9. The molecule has 0 radical (unpaired) electrons. The molecular weight excluding hydrogens is 274 g/mol. The molecule has 2 aromatic rings. The van der Waals surface area contributed by atoms with Gasteiger partial charge in [0.1, 0.15) is 0 Å². The Morgan fingerprint density at radius 2 is 1.80 bits per heavy atom. The summed E-state index contributed by atoms with van der Waals surface area (Å²) in [6.45, 7) is 3.83. The number of amides is 1.